The lowest BCUT2D eigenvalue weighted by Gasteiger charge is -2.57. The van der Waals surface area contributed by atoms with Crippen LogP contribution in [0.15, 0.2) is 30.6 Å². The minimum Gasteiger partial charge on any atom is -0.303 e. The van der Waals surface area contributed by atoms with Crippen molar-refractivity contribution in [2.75, 3.05) is 13.6 Å². The fourth-order valence-corrected chi connectivity index (χ4v) is 7.62. The number of pyridine rings is 1. The summed E-state index contributed by atoms with van der Waals surface area (Å²) in [6.45, 7) is 6.51. The molecule has 5 rings (SSSR count). The Balaban J connectivity index is 1.47. The van der Waals surface area contributed by atoms with Crippen LogP contribution >= 0.6 is 0 Å². The maximum absolute atomic E-state index is 4.40. The summed E-state index contributed by atoms with van der Waals surface area (Å²) in [7, 11) is 2.36. The molecule has 3 aliphatic carbocycles. The van der Waals surface area contributed by atoms with Gasteiger partial charge in [-0.2, -0.15) is 0 Å². The lowest BCUT2D eigenvalue weighted by molar-refractivity contribution is -0.0602. The average Bonchev–Trinajstić information content (AvgIpc) is 3.12. The van der Waals surface area contributed by atoms with Gasteiger partial charge in [-0.05, 0) is 97.9 Å². The van der Waals surface area contributed by atoms with Gasteiger partial charge in [-0.1, -0.05) is 26.0 Å². The van der Waals surface area contributed by atoms with E-state index in [0.717, 1.165) is 23.8 Å². The Morgan fingerprint density at radius 3 is 2.80 bits per heavy atom. The quantitative estimate of drug-likeness (QED) is 0.716. The molecule has 2 saturated carbocycles. The molecule has 0 spiro atoms. The van der Waals surface area contributed by atoms with E-state index in [2.05, 4.69) is 55.2 Å². The number of nitrogens with zero attached hydrogens (tertiary/aromatic N) is 2. The summed E-state index contributed by atoms with van der Waals surface area (Å²) in [4.78, 5) is 7.06. The molecule has 1 aromatic rings. The third-order valence-corrected chi connectivity index (χ3v) is 8.91. The predicted molar refractivity (Wildman–Crippen MR) is 103 cm³/mol. The molecular formula is C23H32N2. The molecule has 0 radical (unpaired) electrons. The van der Waals surface area contributed by atoms with E-state index >= 15 is 0 Å². The van der Waals surface area contributed by atoms with E-state index in [9.17, 15) is 0 Å². The molecule has 0 N–H and O–H groups in total. The molecule has 0 bridgehead atoms. The third kappa shape index (κ3) is 2.10. The Kier molecular flexibility index (Phi) is 3.48. The van der Waals surface area contributed by atoms with Crippen molar-refractivity contribution in [3.05, 3.63) is 36.2 Å². The van der Waals surface area contributed by atoms with Crippen molar-refractivity contribution >= 4 is 5.57 Å². The summed E-state index contributed by atoms with van der Waals surface area (Å²) in [6, 6.07) is 5.20. The van der Waals surface area contributed by atoms with Crippen LogP contribution in [0.1, 0.15) is 57.9 Å². The number of fused-ring (bicyclic) bond motifs is 5. The van der Waals surface area contributed by atoms with Crippen LogP contribution in [-0.2, 0) is 0 Å². The van der Waals surface area contributed by atoms with Gasteiger partial charge >= 0.3 is 0 Å². The molecular weight excluding hydrogens is 304 g/mol. The highest BCUT2D eigenvalue weighted by Crippen LogP contribution is 2.66. The third-order valence-electron chi connectivity index (χ3n) is 8.91. The van der Waals surface area contributed by atoms with E-state index in [-0.39, 0.29) is 0 Å². The van der Waals surface area contributed by atoms with Gasteiger partial charge in [0.1, 0.15) is 0 Å². The molecule has 1 saturated heterocycles. The second-order valence-electron chi connectivity index (χ2n) is 9.76. The molecule has 1 unspecified atom stereocenters. The maximum Gasteiger partial charge on any atom is 0.0343 e. The largest absolute Gasteiger partial charge is 0.303 e. The highest BCUT2D eigenvalue weighted by Gasteiger charge is 2.59. The van der Waals surface area contributed by atoms with E-state index in [1.807, 2.05) is 6.20 Å². The minimum absolute atomic E-state index is 0.373. The zero-order valence-corrected chi connectivity index (χ0v) is 16.0. The van der Waals surface area contributed by atoms with Crippen molar-refractivity contribution in [1.82, 2.24) is 9.88 Å². The first kappa shape index (κ1) is 16.1. The number of allylic oxidation sites excluding steroid dienone is 2. The first-order valence-corrected chi connectivity index (χ1v) is 10.4. The molecule has 2 heteroatoms. The van der Waals surface area contributed by atoms with Crippen LogP contribution in [-0.4, -0.2) is 29.5 Å². The molecule has 0 aromatic carbocycles. The molecule has 4 aliphatic rings. The summed E-state index contributed by atoms with van der Waals surface area (Å²) in [5, 5.41) is 0. The fraction of sp³-hybridized carbons (Fsp3) is 0.696. The summed E-state index contributed by atoms with van der Waals surface area (Å²) >= 11 is 0. The number of likely N-dealkylation sites (tertiary alicyclic amines) is 1. The Morgan fingerprint density at radius 2 is 2.00 bits per heavy atom. The second-order valence-corrected chi connectivity index (χ2v) is 9.76. The van der Waals surface area contributed by atoms with Crippen molar-refractivity contribution in [3.8, 4) is 0 Å². The summed E-state index contributed by atoms with van der Waals surface area (Å²) in [5.74, 6) is 2.72. The smallest absolute Gasteiger partial charge is 0.0343 e. The summed E-state index contributed by atoms with van der Waals surface area (Å²) in [5.41, 5.74) is 3.90. The van der Waals surface area contributed by atoms with E-state index in [1.165, 1.54) is 50.6 Å². The van der Waals surface area contributed by atoms with Crippen LogP contribution in [0.4, 0.5) is 0 Å². The van der Waals surface area contributed by atoms with Crippen molar-refractivity contribution in [3.63, 3.8) is 0 Å². The lowest BCUT2D eigenvalue weighted by Crippen LogP contribution is -2.53. The molecule has 25 heavy (non-hydrogen) atoms. The first-order chi connectivity index (χ1) is 12.0. The molecule has 2 nitrogen and oxygen atoms in total. The van der Waals surface area contributed by atoms with Crippen LogP contribution in [0.3, 0.4) is 0 Å². The Bertz CT molecular complexity index is 695. The normalized spacial score (nSPS) is 46.3. The molecule has 0 amide bonds. The lowest BCUT2D eigenvalue weighted by atomic mass is 9.48. The van der Waals surface area contributed by atoms with E-state index in [1.54, 1.807) is 5.57 Å². The van der Waals surface area contributed by atoms with Crippen LogP contribution in [0, 0.1) is 28.6 Å². The Labute approximate surface area is 152 Å². The number of aromatic nitrogens is 1. The highest BCUT2D eigenvalue weighted by molar-refractivity contribution is 5.72. The van der Waals surface area contributed by atoms with Gasteiger partial charge in [-0.3, -0.25) is 4.98 Å². The van der Waals surface area contributed by atoms with Gasteiger partial charge in [0.25, 0.3) is 0 Å². The van der Waals surface area contributed by atoms with Crippen molar-refractivity contribution in [2.45, 2.75) is 58.4 Å². The number of hydrogen-bond acceptors (Lipinski definition) is 2. The molecule has 1 aliphatic heterocycles. The second kappa shape index (κ2) is 5.42. The van der Waals surface area contributed by atoms with E-state index < -0.39 is 0 Å². The van der Waals surface area contributed by atoms with Gasteiger partial charge < -0.3 is 4.90 Å². The van der Waals surface area contributed by atoms with E-state index in [4.69, 9.17) is 0 Å². The summed E-state index contributed by atoms with van der Waals surface area (Å²) < 4.78 is 0. The van der Waals surface area contributed by atoms with Gasteiger partial charge in [0, 0.05) is 18.4 Å². The Morgan fingerprint density at radius 1 is 1.12 bits per heavy atom. The average molecular weight is 337 g/mol. The minimum atomic E-state index is 0.373. The molecule has 3 fully saturated rings. The zero-order chi connectivity index (χ0) is 17.2. The Hall–Kier alpha value is -1.15. The van der Waals surface area contributed by atoms with Crippen molar-refractivity contribution in [1.29, 1.82) is 0 Å². The van der Waals surface area contributed by atoms with Crippen molar-refractivity contribution in [2.24, 2.45) is 28.6 Å². The first-order valence-electron chi connectivity index (χ1n) is 10.4. The highest BCUT2D eigenvalue weighted by atomic mass is 15.2. The fourth-order valence-electron chi connectivity index (χ4n) is 7.62. The van der Waals surface area contributed by atoms with Crippen LogP contribution in [0.25, 0.3) is 5.57 Å². The van der Waals surface area contributed by atoms with Gasteiger partial charge in [-0.25, -0.2) is 0 Å². The van der Waals surface area contributed by atoms with Gasteiger partial charge in [0.15, 0.2) is 0 Å². The van der Waals surface area contributed by atoms with Crippen LogP contribution in [0.2, 0.25) is 0 Å². The van der Waals surface area contributed by atoms with Gasteiger partial charge in [0.2, 0.25) is 0 Å². The maximum atomic E-state index is 4.40. The number of hydrogen-bond donors (Lipinski definition) is 0. The van der Waals surface area contributed by atoms with E-state index in [0.29, 0.717) is 10.8 Å². The van der Waals surface area contributed by atoms with Crippen LogP contribution in [0.5, 0.6) is 0 Å². The predicted octanol–water partition coefficient (Wildman–Crippen LogP) is 5.02. The molecule has 1 aromatic heterocycles. The molecule has 6 atom stereocenters. The standard InChI is InChI=1S/C23H32N2/c1-22-11-10-20-17(6-9-21-23(20,2)12-14-25(21)3)19(22)8-7-18(22)16-5-4-13-24-15-16/h4-5,7,13,15,17,19-21H,6,8-12,14H2,1-3H3/t17-,19-,20-,21?,22+,23+/m0/s1. The van der Waals surface area contributed by atoms with Crippen molar-refractivity contribution < 1.29 is 0 Å². The molecule has 134 valence electrons. The van der Waals surface area contributed by atoms with Gasteiger partial charge in [-0.15, -0.1) is 0 Å². The van der Waals surface area contributed by atoms with Crippen LogP contribution < -0.4 is 0 Å². The summed E-state index contributed by atoms with van der Waals surface area (Å²) in [6.07, 6.45) is 14.9. The number of rotatable bonds is 1. The zero-order valence-electron chi connectivity index (χ0n) is 16.0. The monoisotopic (exact) mass is 336 g/mol. The van der Waals surface area contributed by atoms with Gasteiger partial charge in [0.05, 0.1) is 0 Å². The topological polar surface area (TPSA) is 16.1 Å². The SMILES string of the molecule is CN1CC[C@@]2(C)C1CC[C@@H]1[C@@H]2CC[C@]2(C)C(c3cccnc3)=CC[C@@H]12. The molecule has 2 heterocycles.